The van der Waals surface area contributed by atoms with Crippen molar-refractivity contribution in [3.63, 3.8) is 0 Å². The molecule has 0 radical (unpaired) electrons. The molecule has 0 aromatic heterocycles. The number of ether oxygens (including phenoxy) is 1. The number of carbonyl (C=O) groups excluding carboxylic acids is 1. The zero-order chi connectivity index (χ0) is 15.4. The Kier molecular flexibility index (Phi) is 5.39. The van der Waals surface area contributed by atoms with E-state index in [1.807, 2.05) is 23.9 Å². The topological polar surface area (TPSA) is 64.4 Å². The molecule has 1 aromatic rings. The summed E-state index contributed by atoms with van der Waals surface area (Å²) in [6, 6.07) is 8.14. The largest absolute Gasteiger partial charge is 0.364 e. The fourth-order valence-corrected chi connectivity index (χ4v) is 4.36. The molecule has 1 saturated carbocycles. The number of carbonyl (C=O) groups is 1. The summed E-state index contributed by atoms with van der Waals surface area (Å²) in [6.07, 6.45) is 6.65. The first kappa shape index (κ1) is 15.8. The van der Waals surface area contributed by atoms with Crippen LogP contribution in [0.1, 0.15) is 38.5 Å². The molecule has 1 aromatic carbocycles. The van der Waals surface area contributed by atoms with Crippen LogP contribution in [0.4, 0.5) is 5.69 Å². The highest BCUT2D eigenvalue weighted by Crippen LogP contribution is 2.35. The number of hydrogen-bond acceptors (Lipinski definition) is 4. The van der Waals surface area contributed by atoms with E-state index in [0.717, 1.165) is 23.8 Å². The van der Waals surface area contributed by atoms with Gasteiger partial charge in [-0.05, 0) is 49.9 Å². The van der Waals surface area contributed by atoms with Crippen LogP contribution in [0, 0.1) is 0 Å². The summed E-state index contributed by atoms with van der Waals surface area (Å²) in [7, 11) is 0. The van der Waals surface area contributed by atoms with E-state index in [2.05, 4.69) is 17.4 Å². The second-order valence-electron chi connectivity index (χ2n) is 6.10. The number of amides is 1. The molecule has 3 N–H and O–H groups in total. The van der Waals surface area contributed by atoms with Crippen LogP contribution in [-0.4, -0.2) is 29.9 Å². The summed E-state index contributed by atoms with van der Waals surface area (Å²) in [5, 5.41) is 3.70. The van der Waals surface area contributed by atoms with Gasteiger partial charge in [0.25, 0.3) is 5.91 Å². The highest BCUT2D eigenvalue weighted by molar-refractivity contribution is 8.00. The minimum atomic E-state index is -0.360. The third-order valence-corrected chi connectivity index (χ3v) is 5.74. The molecule has 0 unspecified atom stereocenters. The number of nitrogens with one attached hydrogen (secondary N) is 1. The number of hydrogen-bond donors (Lipinski definition) is 2. The van der Waals surface area contributed by atoms with Crippen molar-refractivity contribution in [3.8, 4) is 0 Å². The Balaban J connectivity index is 1.51. The van der Waals surface area contributed by atoms with E-state index < -0.39 is 0 Å². The first-order chi connectivity index (χ1) is 10.7. The Morgan fingerprint density at radius 3 is 2.55 bits per heavy atom. The highest BCUT2D eigenvalue weighted by atomic mass is 32.2. The molecule has 5 heteroatoms. The molecule has 22 heavy (non-hydrogen) atoms. The van der Waals surface area contributed by atoms with Gasteiger partial charge < -0.3 is 15.8 Å². The van der Waals surface area contributed by atoms with Crippen LogP contribution in [0.25, 0.3) is 0 Å². The average Bonchev–Trinajstić information content (AvgIpc) is 3.20. The molecule has 1 heterocycles. The Bertz CT molecular complexity index is 500. The minimum absolute atomic E-state index is 0.0286. The molecule has 0 spiro atoms. The number of anilines is 1. The summed E-state index contributed by atoms with van der Waals surface area (Å²) in [5.41, 5.74) is 6.41. The summed E-state index contributed by atoms with van der Waals surface area (Å²) >= 11 is 1.96. The van der Waals surface area contributed by atoms with Crippen LogP contribution < -0.4 is 11.1 Å². The Hall–Kier alpha value is -1.04. The van der Waals surface area contributed by atoms with Crippen LogP contribution in [0.2, 0.25) is 0 Å². The molecule has 1 aliphatic heterocycles. The SMILES string of the molecule is NC[C@H]1CC[C@@H](C(=O)Nc2ccc(SC3CCCC3)cc2)O1. The van der Waals surface area contributed by atoms with Gasteiger partial charge in [0.15, 0.2) is 0 Å². The third kappa shape index (κ3) is 4.03. The van der Waals surface area contributed by atoms with E-state index in [-0.39, 0.29) is 18.1 Å². The van der Waals surface area contributed by atoms with Crippen LogP contribution in [0.5, 0.6) is 0 Å². The lowest BCUT2D eigenvalue weighted by Gasteiger charge is -2.13. The molecule has 120 valence electrons. The third-order valence-electron chi connectivity index (χ3n) is 4.39. The molecule has 4 nitrogen and oxygen atoms in total. The Morgan fingerprint density at radius 1 is 1.18 bits per heavy atom. The summed E-state index contributed by atoms with van der Waals surface area (Å²) in [6.45, 7) is 0.483. The summed E-state index contributed by atoms with van der Waals surface area (Å²) < 4.78 is 5.62. The van der Waals surface area contributed by atoms with Crippen molar-refractivity contribution in [3.05, 3.63) is 24.3 Å². The molecule has 3 rings (SSSR count). The molecule has 0 bridgehead atoms. The fourth-order valence-electron chi connectivity index (χ4n) is 3.11. The quantitative estimate of drug-likeness (QED) is 0.874. The lowest BCUT2D eigenvalue weighted by atomic mass is 10.2. The number of nitrogens with two attached hydrogens (primary N) is 1. The van der Waals surface area contributed by atoms with E-state index in [0.29, 0.717) is 6.54 Å². The molecule has 1 amide bonds. The zero-order valence-electron chi connectivity index (χ0n) is 12.8. The van der Waals surface area contributed by atoms with Gasteiger partial charge in [0, 0.05) is 22.4 Å². The van der Waals surface area contributed by atoms with Crippen molar-refractivity contribution >= 4 is 23.4 Å². The highest BCUT2D eigenvalue weighted by Gasteiger charge is 2.29. The Labute approximate surface area is 136 Å². The van der Waals surface area contributed by atoms with Crippen LogP contribution in [0.15, 0.2) is 29.2 Å². The molecule has 2 atom stereocenters. The second-order valence-corrected chi connectivity index (χ2v) is 7.47. The number of benzene rings is 1. The van der Waals surface area contributed by atoms with Crippen LogP contribution in [-0.2, 0) is 9.53 Å². The Morgan fingerprint density at radius 2 is 1.91 bits per heavy atom. The maximum absolute atomic E-state index is 12.2. The van der Waals surface area contributed by atoms with Crippen molar-refractivity contribution in [1.29, 1.82) is 0 Å². The number of thioether (sulfide) groups is 1. The van der Waals surface area contributed by atoms with Crippen molar-refractivity contribution in [1.82, 2.24) is 0 Å². The lowest BCUT2D eigenvalue weighted by molar-refractivity contribution is -0.126. The first-order valence-corrected chi connectivity index (χ1v) is 9.05. The van der Waals surface area contributed by atoms with Crippen molar-refractivity contribution in [2.24, 2.45) is 5.73 Å². The van der Waals surface area contributed by atoms with Gasteiger partial charge in [-0.25, -0.2) is 0 Å². The van der Waals surface area contributed by atoms with Gasteiger partial charge in [-0.1, -0.05) is 12.8 Å². The molecule has 2 fully saturated rings. The normalized spacial score (nSPS) is 25.5. The fraction of sp³-hybridized carbons (Fsp3) is 0.588. The molecular formula is C17H24N2O2S. The van der Waals surface area contributed by atoms with E-state index in [4.69, 9.17) is 10.5 Å². The molecule has 1 aliphatic carbocycles. The van der Waals surface area contributed by atoms with E-state index >= 15 is 0 Å². The van der Waals surface area contributed by atoms with Gasteiger partial charge in [0.2, 0.25) is 0 Å². The first-order valence-electron chi connectivity index (χ1n) is 8.17. The van der Waals surface area contributed by atoms with Gasteiger partial charge in [-0.2, -0.15) is 0 Å². The van der Waals surface area contributed by atoms with Crippen molar-refractivity contribution in [2.75, 3.05) is 11.9 Å². The van der Waals surface area contributed by atoms with Gasteiger partial charge in [-0.15, -0.1) is 11.8 Å². The molecule has 2 aliphatic rings. The zero-order valence-corrected chi connectivity index (χ0v) is 13.6. The summed E-state index contributed by atoms with van der Waals surface area (Å²) in [4.78, 5) is 13.4. The predicted octanol–water partition coefficient (Wildman–Crippen LogP) is 3.17. The standard InChI is InChI=1S/C17H24N2O2S/c18-11-13-7-10-16(21-13)17(20)19-12-5-8-15(9-6-12)22-14-3-1-2-4-14/h5-6,8-9,13-14,16H,1-4,7,10-11,18H2,(H,19,20)/t13-,16+/m1/s1. The van der Waals surface area contributed by atoms with E-state index in [9.17, 15) is 4.79 Å². The van der Waals surface area contributed by atoms with Gasteiger partial charge >= 0.3 is 0 Å². The maximum Gasteiger partial charge on any atom is 0.253 e. The van der Waals surface area contributed by atoms with Crippen molar-refractivity contribution < 1.29 is 9.53 Å². The number of rotatable bonds is 5. The van der Waals surface area contributed by atoms with E-state index in [1.165, 1.54) is 30.6 Å². The van der Waals surface area contributed by atoms with Gasteiger partial charge in [-0.3, -0.25) is 4.79 Å². The van der Waals surface area contributed by atoms with Crippen LogP contribution in [0.3, 0.4) is 0 Å². The maximum atomic E-state index is 12.2. The minimum Gasteiger partial charge on any atom is -0.364 e. The van der Waals surface area contributed by atoms with Gasteiger partial charge in [0.05, 0.1) is 6.10 Å². The monoisotopic (exact) mass is 320 g/mol. The van der Waals surface area contributed by atoms with E-state index in [1.54, 1.807) is 0 Å². The second kappa shape index (κ2) is 7.49. The smallest absolute Gasteiger partial charge is 0.253 e. The summed E-state index contributed by atoms with van der Waals surface area (Å²) in [5.74, 6) is -0.0628. The lowest BCUT2D eigenvalue weighted by Crippen LogP contribution is -2.29. The molecule has 1 saturated heterocycles. The van der Waals surface area contributed by atoms with Gasteiger partial charge in [0.1, 0.15) is 6.10 Å². The predicted molar refractivity (Wildman–Crippen MR) is 90.1 cm³/mol. The molecular weight excluding hydrogens is 296 g/mol. The van der Waals surface area contributed by atoms with Crippen molar-refractivity contribution in [2.45, 2.75) is 60.9 Å². The average molecular weight is 320 g/mol. The van der Waals surface area contributed by atoms with Crippen LogP contribution >= 0.6 is 11.8 Å².